The van der Waals surface area contributed by atoms with Crippen molar-refractivity contribution in [2.75, 3.05) is 31.5 Å². The SMILES string of the molecule is Cc1csc2c(NCCN3CCCCC3)ncnc12. The van der Waals surface area contributed by atoms with Crippen molar-refractivity contribution in [1.29, 1.82) is 0 Å². The van der Waals surface area contributed by atoms with Gasteiger partial charge in [-0.25, -0.2) is 9.97 Å². The zero-order chi connectivity index (χ0) is 13.1. The molecule has 5 heteroatoms. The van der Waals surface area contributed by atoms with Gasteiger partial charge in [-0.2, -0.15) is 0 Å². The highest BCUT2D eigenvalue weighted by molar-refractivity contribution is 7.18. The van der Waals surface area contributed by atoms with Crippen LogP contribution in [0.25, 0.3) is 10.2 Å². The zero-order valence-corrected chi connectivity index (χ0v) is 12.2. The van der Waals surface area contributed by atoms with Crippen LogP contribution in [0.4, 0.5) is 5.82 Å². The molecule has 0 spiro atoms. The van der Waals surface area contributed by atoms with Gasteiger partial charge in [-0.3, -0.25) is 0 Å². The Hall–Kier alpha value is -1.20. The van der Waals surface area contributed by atoms with Crippen molar-refractivity contribution in [1.82, 2.24) is 14.9 Å². The molecule has 0 bridgehead atoms. The van der Waals surface area contributed by atoms with E-state index in [1.807, 2.05) is 0 Å². The second kappa shape index (κ2) is 5.84. The van der Waals surface area contributed by atoms with E-state index in [0.29, 0.717) is 0 Å². The molecule has 2 aromatic heterocycles. The van der Waals surface area contributed by atoms with E-state index in [1.54, 1.807) is 17.7 Å². The van der Waals surface area contributed by atoms with Crippen LogP contribution in [0.5, 0.6) is 0 Å². The molecule has 0 atom stereocenters. The van der Waals surface area contributed by atoms with Crippen LogP contribution in [0, 0.1) is 6.92 Å². The van der Waals surface area contributed by atoms with Crippen LogP contribution in [0.2, 0.25) is 0 Å². The number of piperidine rings is 1. The number of thiophene rings is 1. The summed E-state index contributed by atoms with van der Waals surface area (Å²) in [4.78, 5) is 11.3. The number of hydrogen-bond acceptors (Lipinski definition) is 5. The largest absolute Gasteiger partial charge is 0.367 e. The molecule has 0 aliphatic carbocycles. The van der Waals surface area contributed by atoms with Crippen molar-refractivity contribution >= 4 is 27.4 Å². The molecule has 2 aromatic rings. The predicted octanol–water partition coefficient (Wildman–Crippen LogP) is 2.90. The molecule has 0 aromatic carbocycles. The first-order valence-electron chi connectivity index (χ1n) is 6.99. The number of nitrogens with zero attached hydrogens (tertiary/aromatic N) is 3. The maximum atomic E-state index is 4.37. The Morgan fingerprint density at radius 1 is 1.26 bits per heavy atom. The first-order chi connectivity index (χ1) is 9.34. The molecule has 102 valence electrons. The van der Waals surface area contributed by atoms with Crippen LogP contribution in [0.15, 0.2) is 11.7 Å². The van der Waals surface area contributed by atoms with Gasteiger partial charge in [-0.15, -0.1) is 11.3 Å². The summed E-state index contributed by atoms with van der Waals surface area (Å²) < 4.78 is 1.18. The highest BCUT2D eigenvalue weighted by Crippen LogP contribution is 2.28. The second-order valence-electron chi connectivity index (χ2n) is 5.15. The van der Waals surface area contributed by atoms with E-state index in [1.165, 1.54) is 42.6 Å². The summed E-state index contributed by atoms with van der Waals surface area (Å²) in [5, 5.41) is 5.61. The average molecular weight is 276 g/mol. The molecule has 3 rings (SSSR count). The van der Waals surface area contributed by atoms with Crippen molar-refractivity contribution in [3.63, 3.8) is 0 Å². The third kappa shape index (κ3) is 2.87. The maximum absolute atomic E-state index is 4.37. The minimum atomic E-state index is 0.961. The maximum Gasteiger partial charge on any atom is 0.147 e. The minimum absolute atomic E-state index is 0.961. The van der Waals surface area contributed by atoms with Crippen LogP contribution in [-0.4, -0.2) is 41.0 Å². The normalized spacial score (nSPS) is 16.9. The lowest BCUT2D eigenvalue weighted by Gasteiger charge is -2.26. The molecule has 3 heterocycles. The Morgan fingerprint density at radius 3 is 2.95 bits per heavy atom. The van der Waals surface area contributed by atoms with Gasteiger partial charge in [-0.05, 0) is 43.8 Å². The Labute approximate surface area is 117 Å². The summed E-state index contributed by atoms with van der Waals surface area (Å²) in [6.45, 7) is 6.67. The third-order valence-electron chi connectivity index (χ3n) is 3.70. The Morgan fingerprint density at radius 2 is 2.11 bits per heavy atom. The summed E-state index contributed by atoms with van der Waals surface area (Å²) in [6, 6.07) is 0. The number of likely N-dealkylation sites (tertiary alicyclic amines) is 1. The van der Waals surface area contributed by atoms with Gasteiger partial charge in [-0.1, -0.05) is 6.42 Å². The van der Waals surface area contributed by atoms with Crippen molar-refractivity contribution in [2.45, 2.75) is 26.2 Å². The van der Waals surface area contributed by atoms with Gasteiger partial charge >= 0.3 is 0 Å². The van der Waals surface area contributed by atoms with E-state index in [9.17, 15) is 0 Å². The van der Waals surface area contributed by atoms with Crippen molar-refractivity contribution < 1.29 is 0 Å². The fourth-order valence-electron chi connectivity index (χ4n) is 2.61. The molecule has 4 nitrogen and oxygen atoms in total. The molecule has 1 aliphatic heterocycles. The lowest BCUT2D eigenvalue weighted by molar-refractivity contribution is 0.237. The fourth-order valence-corrected chi connectivity index (χ4v) is 3.58. The standard InChI is InChI=1S/C14H20N4S/c1-11-9-19-13-12(11)16-10-17-14(13)15-5-8-18-6-3-2-4-7-18/h9-10H,2-8H2,1H3,(H,15,16,17). The fraction of sp³-hybridized carbons (Fsp3) is 0.571. The molecule has 0 saturated carbocycles. The van der Waals surface area contributed by atoms with Crippen LogP contribution in [0.3, 0.4) is 0 Å². The first-order valence-corrected chi connectivity index (χ1v) is 7.87. The van der Waals surface area contributed by atoms with Gasteiger partial charge in [0.05, 0.1) is 10.2 Å². The van der Waals surface area contributed by atoms with E-state index >= 15 is 0 Å². The summed E-state index contributed by atoms with van der Waals surface area (Å²) in [6.07, 6.45) is 5.75. The molecule has 1 saturated heterocycles. The van der Waals surface area contributed by atoms with E-state index in [-0.39, 0.29) is 0 Å². The molecule has 19 heavy (non-hydrogen) atoms. The molecule has 1 fully saturated rings. The molecule has 0 unspecified atom stereocenters. The highest BCUT2D eigenvalue weighted by Gasteiger charge is 2.11. The number of rotatable bonds is 4. The van der Waals surface area contributed by atoms with Crippen molar-refractivity contribution in [2.24, 2.45) is 0 Å². The lowest BCUT2D eigenvalue weighted by atomic mass is 10.1. The number of nitrogens with one attached hydrogen (secondary N) is 1. The molecular weight excluding hydrogens is 256 g/mol. The quantitative estimate of drug-likeness (QED) is 0.932. The van der Waals surface area contributed by atoms with Crippen molar-refractivity contribution in [3.05, 3.63) is 17.3 Å². The summed E-state index contributed by atoms with van der Waals surface area (Å²) in [5.74, 6) is 0.986. The Balaban J connectivity index is 1.62. The second-order valence-corrected chi connectivity index (χ2v) is 6.03. The number of anilines is 1. The number of fused-ring (bicyclic) bond motifs is 1. The van der Waals surface area contributed by atoms with Crippen LogP contribution in [-0.2, 0) is 0 Å². The zero-order valence-electron chi connectivity index (χ0n) is 11.4. The topological polar surface area (TPSA) is 41.0 Å². The lowest BCUT2D eigenvalue weighted by Crippen LogP contribution is -2.33. The predicted molar refractivity (Wildman–Crippen MR) is 80.9 cm³/mol. The first kappa shape index (κ1) is 12.8. The number of hydrogen-bond donors (Lipinski definition) is 1. The van der Waals surface area contributed by atoms with E-state index in [4.69, 9.17) is 0 Å². The number of aromatic nitrogens is 2. The van der Waals surface area contributed by atoms with Gasteiger partial charge < -0.3 is 10.2 Å². The molecule has 1 N–H and O–H groups in total. The van der Waals surface area contributed by atoms with Gasteiger partial charge in [0.25, 0.3) is 0 Å². The van der Waals surface area contributed by atoms with Gasteiger partial charge in [0, 0.05) is 13.1 Å². The van der Waals surface area contributed by atoms with Gasteiger partial charge in [0.15, 0.2) is 0 Å². The molecule has 1 aliphatic rings. The number of aryl methyl sites for hydroxylation is 1. The Bertz CT molecular complexity index is 545. The van der Waals surface area contributed by atoms with Crippen LogP contribution >= 0.6 is 11.3 Å². The van der Waals surface area contributed by atoms with Gasteiger partial charge in [0.2, 0.25) is 0 Å². The molecular formula is C14H20N4S. The van der Waals surface area contributed by atoms with Crippen molar-refractivity contribution in [3.8, 4) is 0 Å². The third-order valence-corrected chi connectivity index (χ3v) is 4.79. The smallest absolute Gasteiger partial charge is 0.147 e. The average Bonchev–Trinajstić information content (AvgIpc) is 2.83. The summed E-state index contributed by atoms with van der Waals surface area (Å²) >= 11 is 1.73. The highest BCUT2D eigenvalue weighted by atomic mass is 32.1. The van der Waals surface area contributed by atoms with E-state index in [2.05, 4.69) is 32.5 Å². The molecule has 0 radical (unpaired) electrons. The van der Waals surface area contributed by atoms with E-state index in [0.717, 1.165) is 24.4 Å². The monoisotopic (exact) mass is 276 g/mol. The summed E-state index contributed by atoms with van der Waals surface area (Å²) in [7, 11) is 0. The van der Waals surface area contributed by atoms with Crippen LogP contribution < -0.4 is 5.32 Å². The summed E-state index contributed by atoms with van der Waals surface area (Å²) in [5.41, 5.74) is 2.32. The van der Waals surface area contributed by atoms with Crippen LogP contribution in [0.1, 0.15) is 24.8 Å². The minimum Gasteiger partial charge on any atom is -0.367 e. The van der Waals surface area contributed by atoms with E-state index < -0.39 is 0 Å². The molecule has 0 amide bonds. The Kier molecular flexibility index (Phi) is 3.94. The van der Waals surface area contributed by atoms with Gasteiger partial charge in [0.1, 0.15) is 12.1 Å².